The van der Waals surface area contributed by atoms with Crippen LogP contribution in [0, 0.1) is 5.92 Å². The van der Waals surface area contributed by atoms with Crippen LogP contribution in [0.1, 0.15) is 23.3 Å². The minimum Gasteiger partial charge on any atom is -0.382 e. The molecular formula is C18H20N2O3S. The maximum absolute atomic E-state index is 12.0. The van der Waals surface area contributed by atoms with Crippen LogP contribution in [0.5, 0.6) is 0 Å². The summed E-state index contributed by atoms with van der Waals surface area (Å²) in [4.78, 5) is 24.7. The largest absolute Gasteiger partial charge is 0.382 e. The van der Waals surface area contributed by atoms with Crippen molar-refractivity contribution in [3.8, 4) is 0 Å². The summed E-state index contributed by atoms with van der Waals surface area (Å²) in [6.45, 7) is 0.348. The van der Waals surface area contributed by atoms with E-state index in [0.717, 1.165) is 23.3 Å². The molecule has 2 aromatic rings. The summed E-state index contributed by atoms with van der Waals surface area (Å²) in [6.07, 6.45) is 1.87. The highest BCUT2D eigenvalue weighted by atomic mass is 32.1. The topological polar surface area (TPSA) is 78.4 Å². The second-order valence-corrected chi connectivity index (χ2v) is 6.97. The highest BCUT2D eigenvalue weighted by Gasteiger charge is 2.46. The Morgan fingerprint density at radius 2 is 1.79 bits per heavy atom. The monoisotopic (exact) mass is 344 g/mol. The molecule has 126 valence electrons. The predicted molar refractivity (Wildman–Crippen MR) is 92.2 cm³/mol. The average molecular weight is 344 g/mol. The van der Waals surface area contributed by atoms with Gasteiger partial charge in [0, 0.05) is 11.4 Å². The minimum atomic E-state index is -1.08. The molecule has 1 fully saturated rings. The van der Waals surface area contributed by atoms with Gasteiger partial charge in [0.15, 0.2) is 0 Å². The van der Waals surface area contributed by atoms with Gasteiger partial charge in [-0.15, -0.1) is 11.3 Å². The van der Waals surface area contributed by atoms with Crippen LogP contribution in [-0.4, -0.2) is 23.5 Å². The first kappa shape index (κ1) is 16.7. The third kappa shape index (κ3) is 3.83. The van der Waals surface area contributed by atoms with E-state index in [4.69, 9.17) is 0 Å². The quantitative estimate of drug-likeness (QED) is 0.699. The van der Waals surface area contributed by atoms with Crippen molar-refractivity contribution < 1.29 is 14.7 Å². The van der Waals surface area contributed by atoms with Crippen molar-refractivity contribution in [3.63, 3.8) is 0 Å². The Balaban J connectivity index is 1.53. The van der Waals surface area contributed by atoms with Crippen molar-refractivity contribution in [3.05, 3.63) is 58.3 Å². The van der Waals surface area contributed by atoms with Crippen molar-refractivity contribution in [2.24, 2.45) is 5.92 Å². The van der Waals surface area contributed by atoms with E-state index in [1.54, 1.807) is 0 Å². The van der Waals surface area contributed by atoms with E-state index in [-0.39, 0.29) is 12.5 Å². The van der Waals surface area contributed by atoms with Crippen LogP contribution < -0.4 is 10.6 Å². The second-order valence-electron chi connectivity index (χ2n) is 6.03. The minimum absolute atomic E-state index is 0.0514. The SMILES string of the molecule is O=C(NCc1ccccc1)C(=O)NCC(O)(c1cccs1)C1CC1. The normalized spacial score (nSPS) is 16.2. The lowest BCUT2D eigenvalue weighted by Crippen LogP contribution is -2.47. The molecule has 0 bridgehead atoms. The summed E-state index contributed by atoms with van der Waals surface area (Å²) < 4.78 is 0. The Morgan fingerprint density at radius 1 is 1.08 bits per heavy atom. The zero-order valence-electron chi connectivity index (χ0n) is 13.2. The molecule has 0 aliphatic heterocycles. The van der Waals surface area contributed by atoms with E-state index < -0.39 is 17.4 Å². The highest BCUT2D eigenvalue weighted by molar-refractivity contribution is 7.10. The first-order valence-corrected chi connectivity index (χ1v) is 8.84. The van der Waals surface area contributed by atoms with Crippen LogP contribution in [0.3, 0.4) is 0 Å². The van der Waals surface area contributed by atoms with Gasteiger partial charge >= 0.3 is 11.8 Å². The zero-order valence-corrected chi connectivity index (χ0v) is 14.0. The summed E-state index contributed by atoms with van der Waals surface area (Å²) in [5.74, 6) is -1.27. The molecule has 3 rings (SSSR count). The average Bonchev–Trinajstić information content (AvgIpc) is 3.33. The summed E-state index contributed by atoms with van der Waals surface area (Å²) >= 11 is 1.46. The van der Waals surface area contributed by atoms with Crippen LogP contribution in [-0.2, 0) is 21.7 Å². The molecule has 1 atom stereocenters. The maximum Gasteiger partial charge on any atom is 0.309 e. The number of nitrogens with one attached hydrogen (secondary N) is 2. The van der Waals surface area contributed by atoms with Gasteiger partial charge in [-0.1, -0.05) is 36.4 Å². The first-order valence-electron chi connectivity index (χ1n) is 7.96. The Bertz CT molecular complexity index is 698. The number of benzene rings is 1. The summed E-state index contributed by atoms with van der Waals surface area (Å²) in [7, 11) is 0. The fourth-order valence-electron chi connectivity index (χ4n) is 2.67. The van der Waals surface area contributed by atoms with Gasteiger partial charge in [-0.2, -0.15) is 0 Å². The van der Waals surface area contributed by atoms with Crippen molar-refractivity contribution >= 4 is 23.2 Å². The molecule has 2 amide bonds. The molecule has 1 saturated carbocycles. The van der Waals surface area contributed by atoms with E-state index in [2.05, 4.69) is 10.6 Å². The summed E-state index contributed by atoms with van der Waals surface area (Å²) in [6, 6.07) is 13.1. The molecule has 0 radical (unpaired) electrons. The van der Waals surface area contributed by atoms with Crippen molar-refractivity contribution in [1.29, 1.82) is 0 Å². The fraction of sp³-hybridized carbons (Fsp3) is 0.333. The van der Waals surface area contributed by atoms with Crippen LogP contribution in [0.2, 0.25) is 0 Å². The number of carbonyl (C=O) groups is 2. The van der Waals surface area contributed by atoms with E-state index in [1.807, 2.05) is 47.8 Å². The fourth-order valence-corrected chi connectivity index (χ4v) is 3.58. The predicted octanol–water partition coefficient (Wildman–Crippen LogP) is 1.78. The van der Waals surface area contributed by atoms with E-state index >= 15 is 0 Å². The zero-order chi connectivity index (χ0) is 17.0. The lowest BCUT2D eigenvalue weighted by molar-refractivity contribution is -0.140. The van der Waals surface area contributed by atoms with Crippen LogP contribution in [0.25, 0.3) is 0 Å². The molecule has 1 unspecified atom stereocenters. The smallest absolute Gasteiger partial charge is 0.309 e. The third-order valence-corrected chi connectivity index (χ3v) is 5.26. The molecule has 1 heterocycles. The molecule has 6 heteroatoms. The molecule has 5 nitrogen and oxygen atoms in total. The highest BCUT2D eigenvalue weighted by Crippen LogP contribution is 2.46. The van der Waals surface area contributed by atoms with Gasteiger partial charge in [0.25, 0.3) is 0 Å². The van der Waals surface area contributed by atoms with E-state index in [1.165, 1.54) is 11.3 Å². The molecule has 1 aliphatic carbocycles. The molecule has 0 spiro atoms. The van der Waals surface area contributed by atoms with Gasteiger partial charge in [0.05, 0.1) is 6.54 Å². The second kappa shape index (κ2) is 7.15. The molecule has 0 saturated heterocycles. The van der Waals surface area contributed by atoms with Crippen LogP contribution in [0.15, 0.2) is 47.8 Å². The number of amides is 2. The molecular weight excluding hydrogens is 324 g/mol. The lowest BCUT2D eigenvalue weighted by atomic mass is 9.95. The number of thiophene rings is 1. The molecule has 1 aromatic carbocycles. The Morgan fingerprint density at radius 3 is 2.42 bits per heavy atom. The number of hydrogen-bond donors (Lipinski definition) is 3. The number of rotatable bonds is 6. The van der Waals surface area contributed by atoms with Crippen molar-refractivity contribution in [2.45, 2.75) is 25.0 Å². The molecule has 3 N–H and O–H groups in total. The Kier molecular flexibility index (Phi) is 4.97. The number of hydrogen-bond acceptors (Lipinski definition) is 4. The van der Waals surface area contributed by atoms with Gasteiger partial charge in [0.1, 0.15) is 5.60 Å². The Labute approximate surface area is 144 Å². The molecule has 1 aliphatic rings. The summed E-state index contributed by atoms with van der Waals surface area (Å²) in [5.41, 5.74) is -0.157. The lowest BCUT2D eigenvalue weighted by Gasteiger charge is -2.27. The number of carbonyl (C=O) groups excluding carboxylic acids is 2. The third-order valence-electron chi connectivity index (χ3n) is 4.22. The maximum atomic E-state index is 12.0. The molecule has 1 aromatic heterocycles. The van der Waals surface area contributed by atoms with Gasteiger partial charge in [-0.3, -0.25) is 9.59 Å². The van der Waals surface area contributed by atoms with Crippen molar-refractivity contribution in [2.75, 3.05) is 6.54 Å². The van der Waals surface area contributed by atoms with Gasteiger partial charge in [-0.25, -0.2) is 0 Å². The van der Waals surface area contributed by atoms with E-state index in [9.17, 15) is 14.7 Å². The van der Waals surface area contributed by atoms with Crippen LogP contribution in [0.4, 0.5) is 0 Å². The van der Waals surface area contributed by atoms with Gasteiger partial charge < -0.3 is 15.7 Å². The van der Waals surface area contributed by atoms with Gasteiger partial charge in [0.2, 0.25) is 0 Å². The van der Waals surface area contributed by atoms with E-state index in [0.29, 0.717) is 6.54 Å². The first-order chi connectivity index (χ1) is 11.6. The summed E-state index contributed by atoms with van der Waals surface area (Å²) in [5, 5.41) is 18.0. The molecule has 24 heavy (non-hydrogen) atoms. The number of aliphatic hydroxyl groups is 1. The van der Waals surface area contributed by atoms with Gasteiger partial charge in [-0.05, 0) is 35.8 Å². The van der Waals surface area contributed by atoms with Crippen molar-refractivity contribution in [1.82, 2.24) is 10.6 Å². The standard InChI is InChI=1S/C18H20N2O3S/c21-16(19-11-13-5-2-1-3-6-13)17(22)20-12-18(23,14-8-9-14)15-7-4-10-24-15/h1-7,10,14,23H,8-9,11-12H2,(H,19,21)(H,20,22). The Hall–Kier alpha value is -2.18. The van der Waals surface area contributed by atoms with Crippen LogP contribution >= 0.6 is 11.3 Å².